The number of carbonyl (C=O) groups excluding carboxylic acids is 2. The first-order valence-electron chi connectivity index (χ1n) is 7.49. The normalized spacial score (nSPS) is 18.2. The molecule has 1 atom stereocenters. The zero-order valence-corrected chi connectivity index (χ0v) is 14.5. The molecule has 1 fully saturated rings. The molecule has 1 heterocycles. The molecule has 2 N–H and O–H groups in total. The largest absolute Gasteiger partial charge is 0.405 e. The first-order chi connectivity index (χ1) is 11.7. The maximum absolute atomic E-state index is 12.4. The van der Waals surface area contributed by atoms with E-state index in [2.05, 4.69) is 5.32 Å². The molecule has 1 saturated heterocycles. The average Bonchev–Trinajstić information content (AvgIpc) is 2.95. The molecule has 1 aromatic rings. The van der Waals surface area contributed by atoms with Gasteiger partial charge in [0.15, 0.2) is 0 Å². The van der Waals surface area contributed by atoms with Gasteiger partial charge in [-0.1, -0.05) is 23.2 Å². The predicted octanol–water partition coefficient (Wildman–Crippen LogP) is 3.07. The molecule has 5 nitrogen and oxygen atoms in total. The Kier molecular flexibility index (Phi) is 6.53. The van der Waals surface area contributed by atoms with Gasteiger partial charge in [0.2, 0.25) is 11.8 Å². The summed E-state index contributed by atoms with van der Waals surface area (Å²) in [4.78, 5) is 25.6. The lowest BCUT2D eigenvalue weighted by Crippen LogP contribution is -2.46. The number of hydrogen-bond acceptors (Lipinski definition) is 3. The van der Waals surface area contributed by atoms with Gasteiger partial charge in [0.05, 0.1) is 23.3 Å². The minimum Gasteiger partial charge on any atom is -0.346 e. The van der Waals surface area contributed by atoms with E-state index < -0.39 is 24.7 Å². The third kappa shape index (κ3) is 6.05. The molecule has 0 spiro atoms. The highest BCUT2D eigenvalue weighted by molar-refractivity contribution is 6.36. The fourth-order valence-electron chi connectivity index (χ4n) is 2.56. The second kappa shape index (κ2) is 8.25. The Bertz CT molecular complexity index is 655. The molecule has 2 amide bonds. The molecule has 0 unspecified atom stereocenters. The van der Waals surface area contributed by atoms with Gasteiger partial charge >= 0.3 is 6.18 Å². The van der Waals surface area contributed by atoms with Crippen LogP contribution in [-0.2, 0) is 9.59 Å². The van der Waals surface area contributed by atoms with Crippen molar-refractivity contribution in [3.8, 4) is 0 Å². The number of amides is 2. The van der Waals surface area contributed by atoms with E-state index in [-0.39, 0.29) is 17.5 Å². The highest BCUT2D eigenvalue weighted by atomic mass is 35.5. The number of likely N-dealkylation sites (tertiary alicyclic amines) is 1. The molecule has 0 saturated carbocycles. The van der Waals surface area contributed by atoms with Gasteiger partial charge in [-0.05, 0) is 37.6 Å². The summed E-state index contributed by atoms with van der Waals surface area (Å²) in [7, 11) is 0. The van der Waals surface area contributed by atoms with Crippen molar-refractivity contribution in [1.82, 2.24) is 10.2 Å². The summed E-state index contributed by atoms with van der Waals surface area (Å²) in [6.07, 6.45) is -3.30. The third-order valence-electron chi connectivity index (χ3n) is 3.69. The van der Waals surface area contributed by atoms with Crippen molar-refractivity contribution in [2.45, 2.75) is 25.1 Å². The molecule has 25 heavy (non-hydrogen) atoms. The van der Waals surface area contributed by atoms with Crippen LogP contribution in [0.1, 0.15) is 12.8 Å². The molecular weight excluding hydrogens is 382 g/mol. The number of hydrogen-bond donors (Lipinski definition) is 2. The SMILES string of the molecule is O=C(CN1CCC[C@@H]1C(=O)Nc1ccc(Cl)cc1Cl)NCC(F)(F)F. The Hall–Kier alpha value is -1.51. The Morgan fingerprint density at radius 1 is 1.28 bits per heavy atom. The standard InChI is InChI=1S/C15H16Cl2F3N3O2/c16-9-3-4-11(10(17)6-9)22-14(25)12-2-1-5-23(12)7-13(24)21-8-15(18,19)20/h3-4,6,12H,1-2,5,7-8H2,(H,21,24)(H,22,25)/t12-/m1/s1. The van der Waals surface area contributed by atoms with Crippen LogP contribution in [0.2, 0.25) is 10.0 Å². The summed E-state index contributed by atoms with van der Waals surface area (Å²) in [6, 6.07) is 4.00. The summed E-state index contributed by atoms with van der Waals surface area (Å²) < 4.78 is 36.4. The average molecular weight is 398 g/mol. The van der Waals surface area contributed by atoms with Crippen LogP contribution in [0, 0.1) is 0 Å². The molecule has 0 aromatic heterocycles. The van der Waals surface area contributed by atoms with Crippen molar-refractivity contribution in [2.24, 2.45) is 0 Å². The Labute approximate surface area is 152 Å². The number of benzene rings is 1. The lowest BCUT2D eigenvalue weighted by atomic mass is 10.2. The summed E-state index contributed by atoms with van der Waals surface area (Å²) in [5.41, 5.74) is 0.379. The Morgan fingerprint density at radius 3 is 2.64 bits per heavy atom. The number of halogens is 5. The van der Waals surface area contributed by atoms with E-state index in [1.165, 1.54) is 6.07 Å². The van der Waals surface area contributed by atoms with E-state index >= 15 is 0 Å². The zero-order valence-electron chi connectivity index (χ0n) is 13.0. The van der Waals surface area contributed by atoms with E-state index in [1.54, 1.807) is 22.3 Å². The second-order valence-electron chi connectivity index (χ2n) is 5.63. The molecule has 10 heteroatoms. The van der Waals surface area contributed by atoms with E-state index in [4.69, 9.17) is 23.2 Å². The van der Waals surface area contributed by atoms with Gasteiger partial charge in [0.25, 0.3) is 0 Å². The molecule has 138 valence electrons. The number of nitrogens with zero attached hydrogens (tertiary/aromatic N) is 1. The molecule has 0 aliphatic carbocycles. The van der Waals surface area contributed by atoms with E-state index in [9.17, 15) is 22.8 Å². The molecule has 1 aliphatic rings. The van der Waals surface area contributed by atoms with Gasteiger partial charge in [-0.15, -0.1) is 0 Å². The van der Waals surface area contributed by atoms with Crippen molar-refractivity contribution in [2.75, 3.05) is 25.0 Å². The quantitative estimate of drug-likeness (QED) is 0.802. The van der Waals surface area contributed by atoms with E-state index in [1.807, 2.05) is 0 Å². The van der Waals surface area contributed by atoms with Gasteiger partial charge in [0.1, 0.15) is 6.54 Å². The van der Waals surface area contributed by atoms with Gasteiger partial charge < -0.3 is 10.6 Å². The van der Waals surface area contributed by atoms with Crippen LogP contribution in [0.3, 0.4) is 0 Å². The molecule has 0 radical (unpaired) electrons. The van der Waals surface area contributed by atoms with Crippen LogP contribution < -0.4 is 10.6 Å². The van der Waals surface area contributed by atoms with Crippen LogP contribution >= 0.6 is 23.2 Å². The van der Waals surface area contributed by atoms with Gasteiger partial charge in [-0.25, -0.2) is 0 Å². The summed E-state index contributed by atoms with van der Waals surface area (Å²) in [5, 5.41) is 5.15. The molecule has 1 aliphatic heterocycles. The van der Waals surface area contributed by atoms with Crippen molar-refractivity contribution in [1.29, 1.82) is 0 Å². The van der Waals surface area contributed by atoms with Crippen LogP contribution in [0.25, 0.3) is 0 Å². The lowest BCUT2D eigenvalue weighted by molar-refractivity contribution is -0.139. The maximum atomic E-state index is 12.4. The van der Waals surface area contributed by atoms with E-state index in [0.29, 0.717) is 30.1 Å². The van der Waals surface area contributed by atoms with Gasteiger partial charge in [-0.2, -0.15) is 13.2 Å². The van der Waals surface area contributed by atoms with Crippen molar-refractivity contribution >= 4 is 40.7 Å². The molecule has 2 rings (SSSR count). The number of anilines is 1. The Balaban J connectivity index is 1.93. The monoisotopic (exact) mass is 397 g/mol. The highest BCUT2D eigenvalue weighted by Crippen LogP contribution is 2.26. The third-order valence-corrected chi connectivity index (χ3v) is 4.24. The second-order valence-corrected chi connectivity index (χ2v) is 6.48. The van der Waals surface area contributed by atoms with Crippen molar-refractivity contribution in [3.05, 3.63) is 28.2 Å². The molecular formula is C15H16Cl2F3N3O2. The van der Waals surface area contributed by atoms with Crippen LogP contribution in [0.5, 0.6) is 0 Å². The number of rotatable bonds is 5. The zero-order chi connectivity index (χ0) is 18.6. The minimum atomic E-state index is -4.47. The number of carbonyl (C=O) groups is 2. The predicted molar refractivity (Wildman–Crippen MR) is 88.8 cm³/mol. The van der Waals surface area contributed by atoms with Crippen molar-refractivity contribution in [3.63, 3.8) is 0 Å². The van der Waals surface area contributed by atoms with Crippen LogP contribution in [-0.4, -0.2) is 48.6 Å². The number of nitrogens with one attached hydrogen (secondary N) is 2. The summed E-state index contributed by atoms with van der Waals surface area (Å²) in [6.45, 7) is -1.22. The smallest absolute Gasteiger partial charge is 0.346 e. The summed E-state index contributed by atoms with van der Waals surface area (Å²) in [5.74, 6) is -1.15. The van der Waals surface area contributed by atoms with Crippen LogP contribution in [0.4, 0.5) is 18.9 Å². The van der Waals surface area contributed by atoms with Crippen molar-refractivity contribution < 1.29 is 22.8 Å². The minimum absolute atomic E-state index is 0.272. The van der Waals surface area contributed by atoms with E-state index in [0.717, 1.165) is 0 Å². The highest BCUT2D eigenvalue weighted by Gasteiger charge is 2.33. The number of alkyl halides is 3. The lowest BCUT2D eigenvalue weighted by Gasteiger charge is -2.23. The fourth-order valence-corrected chi connectivity index (χ4v) is 3.01. The molecule has 1 aromatic carbocycles. The van der Waals surface area contributed by atoms with Gasteiger partial charge in [0, 0.05) is 5.02 Å². The maximum Gasteiger partial charge on any atom is 0.405 e. The summed E-state index contributed by atoms with van der Waals surface area (Å²) >= 11 is 11.8. The Morgan fingerprint density at radius 2 is 2.00 bits per heavy atom. The fraction of sp³-hybridized carbons (Fsp3) is 0.467. The van der Waals surface area contributed by atoms with Crippen LogP contribution in [0.15, 0.2) is 18.2 Å². The first kappa shape index (κ1) is 19.8. The molecule has 0 bridgehead atoms. The first-order valence-corrected chi connectivity index (χ1v) is 8.25. The van der Waals surface area contributed by atoms with Gasteiger partial charge in [-0.3, -0.25) is 14.5 Å². The topological polar surface area (TPSA) is 61.4 Å².